The number of hydrogen-bond donors (Lipinski definition) is 0. The van der Waals surface area contributed by atoms with Crippen LogP contribution >= 0.6 is 0 Å². The van der Waals surface area contributed by atoms with E-state index in [4.69, 9.17) is 4.74 Å². The van der Waals surface area contributed by atoms with Gasteiger partial charge in [-0.1, -0.05) is 0 Å². The van der Waals surface area contributed by atoms with Crippen molar-refractivity contribution in [2.45, 2.75) is 6.36 Å². The van der Waals surface area contributed by atoms with E-state index in [-0.39, 0.29) is 6.61 Å². The number of pyridine rings is 1. The van der Waals surface area contributed by atoms with Crippen molar-refractivity contribution in [2.75, 3.05) is 13.2 Å². The van der Waals surface area contributed by atoms with Gasteiger partial charge in [0.15, 0.2) is 0 Å². The van der Waals surface area contributed by atoms with E-state index in [9.17, 15) is 13.2 Å². The van der Waals surface area contributed by atoms with E-state index in [0.717, 1.165) is 0 Å². The van der Waals surface area contributed by atoms with Crippen LogP contribution in [-0.4, -0.2) is 24.6 Å². The molecule has 0 spiro atoms. The summed E-state index contributed by atoms with van der Waals surface area (Å²) in [6.07, 6.45) is -1.65. The molecule has 0 radical (unpaired) electrons. The van der Waals surface area contributed by atoms with Crippen molar-refractivity contribution in [3.8, 4) is 5.75 Å². The number of alkyl halides is 3. The standard InChI is InChI=1S/C8H8F3NO2/c9-8(10,11)14-5-4-13-7-2-1-3-12-6-7/h1-3,6H,4-5H2. The lowest BCUT2D eigenvalue weighted by Crippen LogP contribution is -2.18. The lowest BCUT2D eigenvalue weighted by atomic mass is 10.5. The third-order valence-electron chi connectivity index (χ3n) is 1.25. The summed E-state index contributed by atoms with van der Waals surface area (Å²) in [6, 6.07) is 3.22. The van der Waals surface area contributed by atoms with Gasteiger partial charge in [0.1, 0.15) is 12.4 Å². The third-order valence-corrected chi connectivity index (χ3v) is 1.25. The molecule has 1 aromatic rings. The maximum Gasteiger partial charge on any atom is 0.522 e. The fourth-order valence-corrected chi connectivity index (χ4v) is 0.749. The Morgan fingerprint density at radius 2 is 2.07 bits per heavy atom. The predicted octanol–water partition coefficient (Wildman–Crippen LogP) is 2.00. The highest BCUT2D eigenvalue weighted by atomic mass is 19.4. The van der Waals surface area contributed by atoms with Crippen LogP contribution < -0.4 is 4.74 Å². The van der Waals surface area contributed by atoms with Crippen LogP contribution in [0.1, 0.15) is 0 Å². The Kier molecular flexibility index (Phi) is 3.70. The van der Waals surface area contributed by atoms with Crippen molar-refractivity contribution in [1.82, 2.24) is 4.98 Å². The molecule has 0 fully saturated rings. The summed E-state index contributed by atoms with van der Waals surface area (Å²) in [5.74, 6) is 0.415. The van der Waals surface area contributed by atoms with E-state index in [1.165, 1.54) is 6.20 Å². The lowest BCUT2D eigenvalue weighted by Gasteiger charge is -2.08. The number of halogens is 3. The molecular formula is C8H8F3NO2. The maximum absolute atomic E-state index is 11.5. The van der Waals surface area contributed by atoms with Crippen LogP contribution in [0.2, 0.25) is 0 Å². The van der Waals surface area contributed by atoms with E-state index < -0.39 is 13.0 Å². The molecule has 0 N–H and O–H groups in total. The largest absolute Gasteiger partial charge is 0.522 e. The van der Waals surface area contributed by atoms with Crippen molar-refractivity contribution in [1.29, 1.82) is 0 Å². The normalized spacial score (nSPS) is 11.4. The molecule has 78 valence electrons. The molecule has 0 saturated carbocycles. The van der Waals surface area contributed by atoms with Crippen molar-refractivity contribution >= 4 is 0 Å². The molecule has 0 aliphatic rings. The molecule has 0 aliphatic heterocycles. The Labute approximate surface area is 78.5 Å². The van der Waals surface area contributed by atoms with Gasteiger partial charge in [0.25, 0.3) is 0 Å². The molecule has 1 rings (SSSR count). The number of aromatic nitrogens is 1. The first kappa shape index (κ1) is 10.8. The number of rotatable bonds is 4. The van der Waals surface area contributed by atoms with Gasteiger partial charge in [0, 0.05) is 6.20 Å². The zero-order chi connectivity index (χ0) is 10.4. The Hall–Kier alpha value is -1.30. The summed E-state index contributed by atoms with van der Waals surface area (Å²) in [4.78, 5) is 3.72. The van der Waals surface area contributed by atoms with Gasteiger partial charge in [0.2, 0.25) is 0 Å². The second-order valence-corrected chi connectivity index (χ2v) is 2.33. The van der Waals surface area contributed by atoms with Gasteiger partial charge in [-0.3, -0.25) is 9.72 Å². The average Bonchev–Trinajstić information content (AvgIpc) is 2.13. The van der Waals surface area contributed by atoms with Crippen LogP contribution in [0.4, 0.5) is 13.2 Å². The average molecular weight is 207 g/mol. The number of nitrogens with zero attached hydrogens (tertiary/aromatic N) is 1. The van der Waals surface area contributed by atoms with E-state index in [1.807, 2.05) is 0 Å². The minimum atomic E-state index is -4.60. The second-order valence-electron chi connectivity index (χ2n) is 2.33. The second kappa shape index (κ2) is 4.80. The molecule has 0 saturated heterocycles. The van der Waals surface area contributed by atoms with Gasteiger partial charge in [-0.2, -0.15) is 0 Å². The minimum absolute atomic E-state index is 0.162. The molecule has 1 aromatic heterocycles. The summed E-state index contributed by atoms with van der Waals surface area (Å²) >= 11 is 0. The Morgan fingerprint density at radius 1 is 1.29 bits per heavy atom. The Morgan fingerprint density at radius 3 is 2.64 bits per heavy atom. The van der Waals surface area contributed by atoms with Gasteiger partial charge < -0.3 is 4.74 Å². The molecule has 0 aliphatic carbocycles. The van der Waals surface area contributed by atoms with Crippen LogP contribution in [0.5, 0.6) is 5.75 Å². The third kappa shape index (κ3) is 4.66. The van der Waals surface area contributed by atoms with Gasteiger partial charge in [-0.15, -0.1) is 13.2 Å². The molecule has 0 aromatic carbocycles. The fraction of sp³-hybridized carbons (Fsp3) is 0.375. The molecule has 6 heteroatoms. The van der Waals surface area contributed by atoms with E-state index >= 15 is 0 Å². The number of ether oxygens (including phenoxy) is 2. The topological polar surface area (TPSA) is 31.4 Å². The summed E-state index contributed by atoms with van der Waals surface area (Å²) in [5.41, 5.74) is 0. The van der Waals surface area contributed by atoms with Crippen LogP contribution in [0.25, 0.3) is 0 Å². The zero-order valence-electron chi connectivity index (χ0n) is 7.12. The van der Waals surface area contributed by atoms with Gasteiger partial charge in [0.05, 0.1) is 12.8 Å². The van der Waals surface area contributed by atoms with Gasteiger partial charge >= 0.3 is 6.36 Å². The van der Waals surface area contributed by atoms with E-state index in [2.05, 4.69) is 9.72 Å². The first-order valence-electron chi connectivity index (χ1n) is 3.81. The SMILES string of the molecule is FC(F)(F)OCCOc1cccnc1. The minimum Gasteiger partial charge on any atom is -0.490 e. The molecule has 1 heterocycles. The Balaban J connectivity index is 2.17. The van der Waals surface area contributed by atoms with Gasteiger partial charge in [-0.25, -0.2) is 0 Å². The summed E-state index contributed by atoms with van der Waals surface area (Å²) in [6.45, 7) is -0.691. The smallest absolute Gasteiger partial charge is 0.490 e. The van der Waals surface area contributed by atoms with Crippen LogP contribution in [0.3, 0.4) is 0 Å². The van der Waals surface area contributed by atoms with Crippen LogP contribution in [0, 0.1) is 0 Å². The highest BCUT2D eigenvalue weighted by molar-refractivity contribution is 5.15. The first-order chi connectivity index (χ1) is 6.58. The molecule has 0 bridgehead atoms. The summed E-state index contributed by atoms with van der Waals surface area (Å²) in [5, 5.41) is 0. The lowest BCUT2D eigenvalue weighted by molar-refractivity contribution is -0.325. The van der Waals surface area contributed by atoms with E-state index in [1.54, 1.807) is 18.3 Å². The molecule has 3 nitrogen and oxygen atoms in total. The monoisotopic (exact) mass is 207 g/mol. The molecule has 0 amide bonds. The first-order valence-corrected chi connectivity index (χ1v) is 3.81. The number of hydrogen-bond acceptors (Lipinski definition) is 3. The fourth-order valence-electron chi connectivity index (χ4n) is 0.749. The van der Waals surface area contributed by atoms with Crippen molar-refractivity contribution in [3.63, 3.8) is 0 Å². The van der Waals surface area contributed by atoms with Crippen LogP contribution in [-0.2, 0) is 4.74 Å². The molecule has 14 heavy (non-hydrogen) atoms. The molecule has 0 unspecified atom stereocenters. The van der Waals surface area contributed by atoms with Crippen molar-refractivity contribution in [2.24, 2.45) is 0 Å². The van der Waals surface area contributed by atoms with Crippen molar-refractivity contribution < 1.29 is 22.6 Å². The van der Waals surface area contributed by atoms with Crippen molar-refractivity contribution in [3.05, 3.63) is 24.5 Å². The summed E-state index contributed by atoms with van der Waals surface area (Å²) < 4.78 is 42.9. The summed E-state index contributed by atoms with van der Waals surface area (Å²) in [7, 11) is 0. The van der Waals surface area contributed by atoms with Crippen LogP contribution in [0.15, 0.2) is 24.5 Å². The maximum atomic E-state index is 11.5. The molecular weight excluding hydrogens is 199 g/mol. The zero-order valence-corrected chi connectivity index (χ0v) is 7.12. The highest BCUT2D eigenvalue weighted by Gasteiger charge is 2.28. The quantitative estimate of drug-likeness (QED) is 0.707. The molecule has 0 atom stereocenters. The highest BCUT2D eigenvalue weighted by Crippen LogP contribution is 2.15. The van der Waals surface area contributed by atoms with Gasteiger partial charge in [-0.05, 0) is 12.1 Å². The predicted molar refractivity (Wildman–Crippen MR) is 41.7 cm³/mol. The Bertz CT molecular complexity index is 263. The van der Waals surface area contributed by atoms with E-state index in [0.29, 0.717) is 5.75 Å².